The lowest BCUT2D eigenvalue weighted by Crippen LogP contribution is -2.44. The van der Waals surface area contributed by atoms with E-state index in [1.165, 1.54) is 0 Å². The van der Waals surface area contributed by atoms with Gasteiger partial charge < -0.3 is 16.0 Å². The summed E-state index contributed by atoms with van der Waals surface area (Å²) in [6.07, 6.45) is 1.91. The molecule has 1 unspecified atom stereocenters. The molecule has 3 N–H and O–H groups in total. The number of hydrogen-bond acceptors (Lipinski definition) is 3. The fraction of sp³-hybridized carbons (Fsp3) is 0.333. The van der Waals surface area contributed by atoms with Crippen LogP contribution in [0.15, 0.2) is 60.7 Å². The van der Waals surface area contributed by atoms with Crippen molar-refractivity contribution in [1.29, 1.82) is 0 Å². The summed E-state index contributed by atoms with van der Waals surface area (Å²) in [5, 5.41) is 3.02. The van der Waals surface area contributed by atoms with Gasteiger partial charge in [0.15, 0.2) is 0 Å². The normalized spacial score (nSPS) is 16.1. The molecule has 3 rings (SSSR count). The van der Waals surface area contributed by atoms with Gasteiger partial charge in [0.1, 0.15) is 0 Å². The van der Waals surface area contributed by atoms with Gasteiger partial charge in [0, 0.05) is 24.7 Å². The number of hydrogen-bond donors (Lipinski definition) is 2. The average Bonchev–Trinajstić information content (AvgIpc) is 2.69. The smallest absolute Gasteiger partial charge is 0.251 e. The Hall–Kier alpha value is -2.66. The van der Waals surface area contributed by atoms with Crippen molar-refractivity contribution in [2.75, 3.05) is 13.1 Å². The third-order valence-electron chi connectivity index (χ3n) is 4.81. The molecule has 2 aromatic carbocycles. The zero-order chi connectivity index (χ0) is 18.4. The number of nitrogens with one attached hydrogen (secondary N) is 1. The molecule has 2 aromatic rings. The van der Waals surface area contributed by atoms with Crippen LogP contribution in [-0.2, 0) is 4.79 Å². The molecule has 1 atom stereocenters. The van der Waals surface area contributed by atoms with Crippen LogP contribution in [0.5, 0.6) is 0 Å². The summed E-state index contributed by atoms with van der Waals surface area (Å²) in [5.74, 6) is -0.118. The van der Waals surface area contributed by atoms with E-state index in [9.17, 15) is 9.59 Å². The van der Waals surface area contributed by atoms with Gasteiger partial charge in [-0.1, -0.05) is 48.5 Å². The van der Waals surface area contributed by atoms with Crippen molar-refractivity contribution >= 4 is 11.8 Å². The molecule has 5 heteroatoms. The second-order valence-electron chi connectivity index (χ2n) is 6.73. The fourth-order valence-electron chi connectivity index (χ4n) is 3.22. The highest BCUT2D eigenvalue weighted by atomic mass is 16.2. The van der Waals surface area contributed by atoms with Crippen LogP contribution < -0.4 is 11.1 Å². The number of nitrogens with two attached hydrogens (primary N) is 1. The first-order chi connectivity index (χ1) is 12.6. The second-order valence-corrected chi connectivity index (χ2v) is 6.73. The molecular formula is C21H25N3O2. The molecule has 1 heterocycles. The molecule has 0 spiro atoms. The Labute approximate surface area is 154 Å². The van der Waals surface area contributed by atoms with Crippen LogP contribution in [0.1, 0.15) is 41.2 Å². The van der Waals surface area contributed by atoms with Gasteiger partial charge >= 0.3 is 0 Å². The van der Waals surface area contributed by atoms with Gasteiger partial charge in [-0.3, -0.25) is 9.59 Å². The molecule has 2 amide bonds. The van der Waals surface area contributed by atoms with Gasteiger partial charge in [-0.25, -0.2) is 0 Å². The number of carbonyl (C=O) groups excluding carboxylic acids is 2. The lowest BCUT2D eigenvalue weighted by atomic mass is 10.0. The van der Waals surface area contributed by atoms with E-state index in [-0.39, 0.29) is 30.3 Å². The van der Waals surface area contributed by atoms with Crippen LogP contribution in [0, 0.1) is 0 Å². The summed E-state index contributed by atoms with van der Waals surface area (Å²) in [4.78, 5) is 27.2. The number of rotatable bonds is 5. The topological polar surface area (TPSA) is 75.4 Å². The van der Waals surface area contributed by atoms with E-state index in [2.05, 4.69) is 5.32 Å². The standard InChI is InChI=1S/C21H25N3O2/c22-18-11-13-24(14-12-18)20(25)15-19(16-7-3-1-4-8-16)23-21(26)17-9-5-2-6-10-17/h1-10,18-19H,11-15,22H2,(H,23,26). The first kappa shape index (κ1) is 18.1. The summed E-state index contributed by atoms with van der Waals surface area (Å²) in [5.41, 5.74) is 7.44. The monoisotopic (exact) mass is 351 g/mol. The fourth-order valence-corrected chi connectivity index (χ4v) is 3.22. The van der Waals surface area contributed by atoms with E-state index < -0.39 is 0 Å². The Bertz CT molecular complexity index is 725. The van der Waals surface area contributed by atoms with E-state index in [1.54, 1.807) is 12.1 Å². The van der Waals surface area contributed by atoms with Crippen LogP contribution in [-0.4, -0.2) is 35.8 Å². The maximum Gasteiger partial charge on any atom is 0.251 e. The highest BCUT2D eigenvalue weighted by Gasteiger charge is 2.25. The molecule has 1 aliphatic rings. The Morgan fingerprint density at radius 2 is 1.58 bits per heavy atom. The maximum atomic E-state index is 12.7. The molecule has 0 saturated carbocycles. The first-order valence-corrected chi connectivity index (χ1v) is 9.07. The van der Waals surface area contributed by atoms with Crippen molar-refractivity contribution in [2.45, 2.75) is 31.3 Å². The Morgan fingerprint density at radius 1 is 1.00 bits per heavy atom. The van der Waals surface area contributed by atoms with Crippen LogP contribution >= 0.6 is 0 Å². The average molecular weight is 351 g/mol. The van der Waals surface area contributed by atoms with Crippen molar-refractivity contribution in [3.63, 3.8) is 0 Å². The molecule has 26 heavy (non-hydrogen) atoms. The van der Waals surface area contributed by atoms with Crippen LogP contribution in [0.4, 0.5) is 0 Å². The second kappa shape index (κ2) is 8.63. The largest absolute Gasteiger partial charge is 0.345 e. The molecule has 136 valence electrons. The molecule has 0 aliphatic carbocycles. The number of amides is 2. The maximum absolute atomic E-state index is 12.7. The molecule has 1 fully saturated rings. The van der Waals surface area contributed by atoms with Crippen molar-refractivity contribution in [1.82, 2.24) is 10.2 Å². The SMILES string of the molecule is NC1CCN(C(=O)CC(NC(=O)c2ccccc2)c2ccccc2)CC1. The Kier molecular flexibility index (Phi) is 6.02. The summed E-state index contributed by atoms with van der Waals surface area (Å²) in [6.45, 7) is 1.38. The molecule has 0 bridgehead atoms. The summed E-state index contributed by atoms with van der Waals surface area (Å²) in [6, 6.07) is 18.5. The third-order valence-corrected chi connectivity index (χ3v) is 4.81. The summed E-state index contributed by atoms with van der Waals surface area (Å²) in [7, 11) is 0. The highest BCUT2D eigenvalue weighted by molar-refractivity contribution is 5.94. The number of likely N-dealkylation sites (tertiary alicyclic amines) is 1. The minimum Gasteiger partial charge on any atom is -0.345 e. The Balaban J connectivity index is 1.72. The van der Waals surface area contributed by atoms with E-state index in [4.69, 9.17) is 5.73 Å². The van der Waals surface area contributed by atoms with Crippen LogP contribution in [0.25, 0.3) is 0 Å². The van der Waals surface area contributed by atoms with Gasteiger partial charge in [0.2, 0.25) is 5.91 Å². The number of nitrogens with zero attached hydrogens (tertiary/aromatic N) is 1. The summed E-state index contributed by atoms with van der Waals surface area (Å²) >= 11 is 0. The van der Waals surface area contributed by atoms with Crippen molar-refractivity contribution in [3.05, 3.63) is 71.8 Å². The number of carbonyl (C=O) groups is 2. The quantitative estimate of drug-likeness (QED) is 0.869. The van der Waals surface area contributed by atoms with E-state index in [0.717, 1.165) is 18.4 Å². The first-order valence-electron chi connectivity index (χ1n) is 9.07. The minimum atomic E-state index is -0.355. The van der Waals surface area contributed by atoms with E-state index in [0.29, 0.717) is 18.7 Å². The number of piperidine rings is 1. The van der Waals surface area contributed by atoms with E-state index in [1.807, 2.05) is 53.4 Å². The van der Waals surface area contributed by atoms with Gasteiger partial charge in [-0.15, -0.1) is 0 Å². The van der Waals surface area contributed by atoms with Crippen molar-refractivity contribution < 1.29 is 9.59 Å². The molecule has 0 radical (unpaired) electrons. The van der Waals surface area contributed by atoms with Crippen molar-refractivity contribution in [3.8, 4) is 0 Å². The lowest BCUT2D eigenvalue weighted by Gasteiger charge is -2.31. The van der Waals surface area contributed by atoms with Gasteiger partial charge in [-0.2, -0.15) is 0 Å². The minimum absolute atomic E-state index is 0.0547. The summed E-state index contributed by atoms with van der Waals surface area (Å²) < 4.78 is 0. The van der Waals surface area contributed by atoms with Crippen LogP contribution in [0.2, 0.25) is 0 Å². The molecule has 1 aliphatic heterocycles. The predicted octanol–water partition coefficient (Wildman–Crippen LogP) is 2.50. The zero-order valence-corrected chi connectivity index (χ0v) is 14.8. The molecule has 5 nitrogen and oxygen atoms in total. The lowest BCUT2D eigenvalue weighted by molar-refractivity contribution is -0.132. The number of benzene rings is 2. The van der Waals surface area contributed by atoms with Crippen molar-refractivity contribution in [2.24, 2.45) is 5.73 Å². The predicted molar refractivity (Wildman–Crippen MR) is 101 cm³/mol. The van der Waals surface area contributed by atoms with Crippen LogP contribution in [0.3, 0.4) is 0 Å². The van der Waals surface area contributed by atoms with Gasteiger partial charge in [-0.05, 0) is 30.5 Å². The zero-order valence-electron chi connectivity index (χ0n) is 14.8. The van der Waals surface area contributed by atoms with Gasteiger partial charge in [0.05, 0.1) is 12.5 Å². The van der Waals surface area contributed by atoms with E-state index >= 15 is 0 Å². The highest BCUT2D eigenvalue weighted by Crippen LogP contribution is 2.20. The third kappa shape index (κ3) is 4.70. The molecule has 0 aromatic heterocycles. The molecular weight excluding hydrogens is 326 g/mol. The van der Waals surface area contributed by atoms with Gasteiger partial charge in [0.25, 0.3) is 5.91 Å². The molecule has 1 saturated heterocycles. The Morgan fingerprint density at radius 3 is 2.19 bits per heavy atom.